The molecule has 0 radical (unpaired) electrons. The number of thiophene rings is 1. The number of rotatable bonds is 6. The number of aryl methyl sites for hydroxylation is 2. The Balaban J connectivity index is 1.33. The Hall–Kier alpha value is -5.18. The molecule has 2 aromatic carbocycles. The van der Waals surface area contributed by atoms with Gasteiger partial charge in [0.15, 0.2) is 16.3 Å². The third kappa shape index (κ3) is 5.14. The number of esters is 1. The highest BCUT2D eigenvalue weighted by molar-refractivity contribution is 7.15. The largest absolute Gasteiger partial charge is 0.463 e. The van der Waals surface area contributed by atoms with Crippen molar-refractivity contribution in [2.24, 2.45) is 4.99 Å². The first kappa shape index (κ1) is 31.1. The summed E-state index contributed by atoms with van der Waals surface area (Å²) in [6, 6.07) is 18.7. The Morgan fingerprint density at radius 2 is 1.88 bits per heavy atom. The fraction of sp³-hybridized carbons (Fsp3) is 0.263. The van der Waals surface area contributed by atoms with Crippen molar-refractivity contribution in [2.75, 3.05) is 13.4 Å². The van der Waals surface area contributed by atoms with Crippen molar-refractivity contribution in [2.45, 2.75) is 52.5 Å². The maximum absolute atomic E-state index is 14.5. The summed E-state index contributed by atoms with van der Waals surface area (Å²) in [5.74, 6) is 0.598. The van der Waals surface area contributed by atoms with Gasteiger partial charge in [0.1, 0.15) is 11.1 Å². The van der Waals surface area contributed by atoms with Gasteiger partial charge >= 0.3 is 5.97 Å². The molecular formula is C38H32N4O5S2. The van der Waals surface area contributed by atoms with E-state index in [1.165, 1.54) is 21.8 Å². The van der Waals surface area contributed by atoms with Gasteiger partial charge in [-0.1, -0.05) is 47.7 Å². The summed E-state index contributed by atoms with van der Waals surface area (Å²) in [5, 5.41) is 11.1. The molecule has 0 amide bonds. The smallest absolute Gasteiger partial charge is 0.338 e. The third-order valence-corrected chi connectivity index (χ3v) is 11.6. The lowest BCUT2D eigenvalue weighted by Gasteiger charge is -2.26. The van der Waals surface area contributed by atoms with Crippen molar-refractivity contribution >= 4 is 40.4 Å². The van der Waals surface area contributed by atoms with Gasteiger partial charge in [0.05, 0.1) is 34.0 Å². The highest BCUT2D eigenvalue weighted by Crippen LogP contribution is 2.41. The minimum atomic E-state index is -0.829. The second-order valence-electron chi connectivity index (χ2n) is 12.2. The zero-order chi connectivity index (χ0) is 33.8. The van der Waals surface area contributed by atoms with Crippen LogP contribution < -0.4 is 24.4 Å². The lowest BCUT2D eigenvalue weighted by molar-refractivity contribution is -0.138. The van der Waals surface area contributed by atoms with E-state index in [9.17, 15) is 14.9 Å². The van der Waals surface area contributed by atoms with E-state index in [-0.39, 0.29) is 24.5 Å². The molecule has 0 bridgehead atoms. The Labute approximate surface area is 290 Å². The van der Waals surface area contributed by atoms with Gasteiger partial charge in [0.25, 0.3) is 5.56 Å². The number of carbonyl (C=O) groups excluding carboxylic acids is 1. The molecule has 5 heterocycles. The summed E-state index contributed by atoms with van der Waals surface area (Å²) in [6.45, 7) is 6.08. The molecule has 2 aliphatic heterocycles. The zero-order valence-corrected chi connectivity index (χ0v) is 28.9. The third-order valence-electron chi connectivity index (χ3n) is 9.31. The van der Waals surface area contributed by atoms with E-state index in [1.807, 2.05) is 62.4 Å². The first-order chi connectivity index (χ1) is 23.9. The molecule has 8 rings (SSSR count). The molecule has 3 aromatic heterocycles. The number of ether oxygens (including phenoxy) is 3. The van der Waals surface area contributed by atoms with E-state index >= 15 is 0 Å². The molecule has 0 unspecified atom stereocenters. The monoisotopic (exact) mass is 688 g/mol. The van der Waals surface area contributed by atoms with Crippen molar-refractivity contribution in [1.82, 2.24) is 9.13 Å². The van der Waals surface area contributed by atoms with Gasteiger partial charge in [0.2, 0.25) is 6.79 Å². The Bertz CT molecular complexity index is 2420. The zero-order valence-electron chi connectivity index (χ0n) is 27.2. The second kappa shape index (κ2) is 12.4. The van der Waals surface area contributed by atoms with E-state index in [1.54, 1.807) is 28.9 Å². The normalized spacial score (nSPS) is 16.6. The van der Waals surface area contributed by atoms with Crippen LogP contribution in [0.15, 0.2) is 70.0 Å². The number of hydrogen-bond donors (Lipinski definition) is 0. The predicted molar refractivity (Wildman–Crippen MR) is 188 cm³/mol. The van der Waals surface area contributed by atoms with Crippen LogP contribution in [0, 0.1) is 25.2 Å². The van der Waals surface area contributed by atoms with Crippen molar-refractivity contribution in [3.8, 4) is 22.6 Å². The summed E-state index contributed by atoms with van der Waals surface area (Å²) >= 11 is 2.99. The summed E-state index contributed by atoms with van der Waals surface area (Å²) in [4.78, 5) is 35.1. The van der Waals surface area contributed by atoms with Crippen LogP contribution in [0.5, 0.6) is 11.5 Å². The minimum Gasteiger partial charge on any atom is -0.463 e. The van der Waals surface area contributed by atoms with E-state index in [0.717, 1.165) is 58.8 Å². The van der Waals surface area contributed by atoms with Gasteiger partial charge in [-0.2, -0.15) is 5.26 Å². The predicted octanol–water partition coefficient (Wildman–Crippen LogP) is 5.88. The lowest BCUT2D eigenvalue weighted by atomic mass is 9.93. The van der Waals surface area contributed by atoms with Gasteiger partial charge in [-0.25, -0.2) is 9.79 Å². The number of fused-ring (bicyclic) bond motifs is 3. The molecule has 3 aliphatic rings. The Morgan fingerprint density at radius 3 is 2.67 bits per heavy atom. The SMILES string of the molecule is CCOC(=O)C1=C(c2ccccc2)N=c2s/c(=C/c3cc(C)n(-c4sc5c(c4C#N)CCCC5)c3C)c(=O)n2[C@H]1c1ccc2c(c1)OCO2. The minimum absolute atomic E-state index is 0.0970. The van der Waals surface area contributed by atoms with Gasteiger partial charge in [-0.3, -0.25) is 9.36 Å². The average Bonchev–Trinajstić information content (AvgIpc) is 3.87. The molecule has 0 fully saturated rings. The average molecular weight is 689 g/mol. The molecule has 246 valence electrons. The maximum Gasteiger partial charge on any atom is 0.338 e. The number of benzene rings is 2. The summed E-state index contributed by atoms with van der Waals surface area (Å²) in [7, 11) is 0. The van der Waals surface area contributed by atoms with Crippen LogP contribution in [0.3, 0.4) is 0 Å². The maximum atomic E-state index is 14.5. The van der Waals surface area contributed by atoms with Crippen LogP contribution >= 0.6 is 22.7 Å². The van der Waals surface area contributed by atoms with Crippen LogP contribution in [0.1, 0.15) is 69.9 Å². The number of hydrogen-bond acceptors (Lipinski definition) is 9. The molecule has 0 saturated heterocycles. The van der Waals surface area contributed by atoms with E-state index in [4.69, 9.17) is 19.2 Å². The molecule has 0 spiro atoms. The number of thiazole rings is 1. The van der Waals surface area contributed by atoms with Crippen LogP contribution in [-0.2, 0) is 22.4 Å². The summed E-state index contributed by atoms with van der Waals surface area (Å²) in [6.07, 6.45) is 6.08. The number of nitriles is 1. The topological polar surface area (TPSA) is 108 Å². The molecule has 49 heavy (non-hydrogen) atoms. The molecule has 1 atom stereocenters. The lowest BCUT2D eigenvalue weighted by Crippen LogP contribution is -2.40. The molecular weight excluding hydrogens is 657 g/mol. The first-order valence-electron chi connectivity index (χ1n) is 16.3. The highest BCUT2D eigenvalue weighted by atomic mass is 32.1. The van der Waals surface area contributed by atoms with Crippen LogP contribution in [0.4, 0.5) is 0 Å². The molecule has 11 heteroatoms. The van der Waals surface area contributed by atoms with Gasteiger partial charge < -0.3 is 18.8 Å². The van der Waals surface area contributed by atoms with Crippen LogP contribution in [0.2, 0.25) is 0 Å². The Morgan fingerprint density at radius 1 is 1.08 bits per heavy atom. The molecule has 9 nitrogen and oxygen atoms in total. The van der Waals surface area contributed by atoms with Gasteiger partial charge in [0, 0.05) is 21.8 Å². The Kier molecular flexibility index (Phi) is 7.85. The van der Waals surface area contributed by atoms with Crippen molar-refractivity contribution in [3.05, 3.63) is 124 Å². The van der Waals surface area contributed by atoms with Gasteiger partial charge in [-0.05, 0) is 87.4 Å². The van der Waals surface area contributed by atoms with Crippen molar-refractivity contribution < 1.29 is 19.0 Å². The summed E-state index contributed by atoms with van der Waals surface area (Å²) < 4.78 is 21.1. The first-order valence-corrected chi connectivity index (χ1v) is 17.9. The number of aromatic nitrogens is 2. The number of carbonyl (C=O) groups is 1. The van der Waals surface area contributed by atoms with Crippen molar-refractivity contribution in [1.29, 1.82) is 5.26 Å². The fourth-order valence-electron chi connectivity index (χ4n) is 7.05. The van der Waals surface area contributed by atoms with Crippen molar-refractivity contribution in [3.63, 3.8) is 0 Å². The van der Waals surface area contributed by atoms with E-state index in [2.05, 4.69) is 16.7 Å². The fourth-order valence-corrected chi connectivity index (χ4v) is 9.49. The summed E-state index contributed by atoms with van der Waals surface area (Å²) in [5.41, 5.74) is 6.64. The molecule has 5 aromatic rings. The standard InChI is InChI=1S/C38H32N4O5S2/c1-4-45-37(44)32-33(23-10-6-5-7-11-23)40-38-42(34(32)24-14-15-28-29(17-24)47-20-46-28)35(43)31(49-38)18-25-16-21(2)41(22(25)3)36-27(19-39)26-12-8-9-13-30(26)48-36/h5-7,10-11,14-18,34H,4,8-9,12-13,20H2,1-3H3/b31-18+/t34-/m0/s1. The quantitative estimate of drug-likeness (QED) is 0.206. The molecule has 0 N–H and O–H groups in total. The highest BCUT2D eigenvalue weighted by Gasteiger charge is 2.36. The van der Waals surface area contributed by atoms with Crippen LogP contribution in [-0.4, -0.2) is 28.5 Å². The van der Waals surface area contributed by atoms with Crippen LogP contribution in [0.25, 0.3) is 16.8 Å². The molecule has 1 aliphatic carbocycles. The van der Waals surface area contributed by atoms with Gasteiger partial charge in [-0.15, -0.1) is 11.3 Å². The second-order valence-corrected chi connectivity index (χ2v) is 14.3. The van der Waals surface area contributed by atoms with E-state index < -0.39 is 12.0 Å². The van der Waals surface area contributed by atoms with E-state index in [0.29, 0.717) is 32.1 Å². The number of nitrogens with zero attached hydrogens (tertiary/aromatic N) is 4. The molecule has 0 saturated carbocycles.